The number of methoxy groups -OCH3 is 1. The third-order valence-corrected chi connectivity index (χ3v) is 7.04. The third-order valence-electron chi connectivity index (χ3n) is 7.04. The highest BCUT2D eigenvalue weighted by atomic mass is 16.6. The van der Waals surface area contributed by atoms with Gasteiger partial charge in [0, 0.05) is 23.4 Å². The Balaban J connectivity index is 1.35. The summed E-state index contributed by atoms with van der Waals surface area (Å²) in [6, 6.07) is 23.1. The summed E-state index contributed by atoms with van der Waals surface area (Å²) in [4.78, 5) is 41.0. The zero-order valence-electron chi connectivity index (χ0n) is 26.1. The van der Waals surface area contributed by atoms with Crippen molar-refractivity contribution in [2.24, 2.45) is 5.10 Å². The van der Waals surface area contributed by atoms with E-state index in [1.807, 2.05) is 44.2 Å². The van der Waals surface area contributed by atoms with Crippen LogP contribution in [0.15, 0.2) is 84.0 Å². The highest BCUT2D eigenvalue weighted by Gasteiger charge is 2.21. The summed E-state index contributed by atoms with van der Waals surface area (Å²) >= 11 is 0. The first-order chi connectivity index (χ1) is 22.2. The van der Waals surface area contributed by atoms with Crippen LogP contribution in [0, 0.1) is 13.8 Å². The minimum absolute atomic E-state index is 0.181. The van der Waals surface area contributed by atoms with Gasteiger partial charge in [0.1, 0.15) is 5.69 Å². The molecule has 10 heteroatoms. The average molecular weight is 620 g/mol. The molecule has 0 aliphatic carbocycles. The number of nitrogens with zero attached hydrogens (tertiary/aromatic N) is 1. The Morgan fingerprint density at radius 1 is 0.870 bits per heavy atom. The summed E-state index contributed by atoms with van der Waals surface area (Å²) in [7, 11) is 1.40. The number of hydrogen-bond acceptors (Lipinski definition) is 8. The number of benzene rings is 4. The molecule has 5 aromatic rings. The fraction of sp³-hybridized carbons (Fsp3) is 0.167. The van der Waals surface area contributed by atoms with Gasteiger partial charge in [-0.15, -0.1) is 0 Å². The van der Waals surface area contributed by atoms with Gasteiger partial charge in [-0.25, -0.2) is 10.2 Å². The lowest BCUT2D eigenvalue weighted by Gasteiger charge is -2.13. The van der Waals surface area contributed by atoms with Crippen molar-refractivity contribution in [3.8, 4) is 34.1 Å². The van der Waals surface area contributed by atoms with Gasteiger partial charge in [0.25, 0.3) is 5.91 Å². The number of H-pyrrole nitrogens is 1. The smallest absolute Gasteiger partial charge is 0.343 e. The van der Waals surface area contributed by atoms with Gasteiger partial charge in [-0.1, -0.05) is 42.0 Å². The van der Waals surface area contributed by atoms with Crippen LogP contribution < -0.4 is 24.4 Å². The second-order valence-electron chi connectivity index (χ2n) is 10.4. The molecule has 10 nitrogen and oxygen atoms in total. The summed E-state index contributed by atoms with van der Waals surface area (Å²) in [5, 5.41) is 5.15. The normalized spacial score (nSPS) is 11.0. The maximum Gasteiger partial charge on any atom is 0.343 e. The summed E-state index contributed by atoms with van der Waals surface area (Å²) in [6.07, 6.45) is 1.48. The number of aromatic amines is 1. The predicted molar refractivity (Wildman–Crippen MR) is 175 cm³/mol. The van der Waals surface area contributed by atoms with Crippen molar-refractivity contribution in [2.45, 2.75) is 27.7 Å². The summed E-state index contributed by atoms with van der Waals surface area (Å²) < 4.78 is 21.7. The molecule has 0 aliphatic heterocycles. The Kier molecular flexibility index (Phi) is 9.47. The molecule has 1 heterocycles. The minimum atomic E-state index is -0.666. The number of rotatable bonds is 10. The standard InChI is InChI=1S/C36H33N3O7/c1-6-44-31-18-24(12-14-29(31)46-36(42)26-13-15-28(45-23(4)40)30(19-26)43-5)20-37-39-35(41)34-32(25-10-8-7-9-11-25)27-17-21(2)16-22(3)33(27)38-34/h7-20,38H,6H2,1-5H3,(H,39,41). The van der Waals surface area contributed by atoms with Gasteiger partial charge in [0.05, 0.1) is 25.5 Å². The van der Waals surface area contributed by atoms with Gasteiger partial charge < -0.3 is 23.9 Å². The number of hydrogen-bond donors (Lipinski definition) is 2. The van der Waals surface area contributed by atoms with Gasteiger partial charge >= 0.3 is 11.9 Å². The fourth-order valence-electron chi connectivity index (χ4n) is 5.10. The Morgan fingerprint density at radius 3 is 2.33 bits per heavy atom. The zero-order chi connectivity index (χ0) is 32.8. The van der Waals surface area contributed by atoms with Crippen molar-refractivity contribution in [1.82, 2.24) is 10.4 Å². The monoisotopic (exact) mass is 619 g/mol. The van der Waals surface area contributed by atoms with Crippen LogP contribution in [-0.4, -0.2) is 42.8 Å². The molecule has 0 atom stereocenters. The lowest BCUT2D eigenvalue weighted by atomic mass is 9.99. The molecule has 0 saturated heterocycles. The van der Waals surface area contributed by atoms with Crippen LogP contribution in [0.5, 0.6) is 23.0 Å². The zero-order valence-corrected chi connectivity index (χ0v) is 26.1. The van der Waals surface area contributed by atoms with Crippen LogP contribution in [0.4, 0.5) is 0 Å². The van der Waals surface area contributed by atoms with Crippen molar-refractivity contribution in [2.75, 3.05) is 13.7 Å². The van der Waals surface area contributed by atoms with Crippen LogP contribution in [0.25, 0.3) is 22.0 Å². The maximum absolute atomic E-state index is 13.4. The second-order valence-corrected chi connectivity index (χ2v) is 10.4. The van der Waals surface area contributed by atoms with Crippen molar-refractivity contribution in [3.05, 3.63) is 107 Å². The van der Waals surface area contributed by atoms with Gasteiger partial charge in [-0.05, 0) is 79.9 Å². The van der Waals surface area contributed by atoms with Crippen LogP contribution in [-0.2, 0) is 4.79 Å². The lowest BCUT2D eigenvalue weighted by molar-refractivity contribution is -0.132. The van der Waals surface area contributed by atoms with E-state index in [1.165, 1.54) is 38.4 Å². The topological polar surface area (TPSA) is 128 Å². The molecule has 0 bridgehead atoms. The largest absolute Gasteiger partial charge is 0.493 e. The predicted octanol–water partition coefficient (Wildman–Crippen LogP) is 6.77. The SMILES string of the molecule is CCOc1cc(C=NNC(=O)c2[nH]c3c(C)cc(C)cc3c2-c2ccccc2)ccc1OC(=O)c1ccc(OC(C)=O)c(OC)c1. The van der Waals surface area contributed by atoms with Crippen LogP contribution >= 0.6 is 0 Å². The van der Waals surface area contributed by atoms with Crippen molar-refractivity contribution >= 4 is 35.0 Å². The molecular weight excluding hydrogens is 586 g/mol. The lowest BCUT2D eigenvalue weighted by Crippen LogP contribution is -2.19. The van der Waals surface area contributed by atoms with Gasteiger partial charge in [-0.2, -0.15) is 5.10 Å². The first-order valence-electron chi connectivity index (χ1n) is 14.6. The number of carbonyl (C=O) groups excluding carboxylic acids is 3. The van der Waals surface area contributed by atoms with Gasteiger partial charge in [0.15, 0.2) is 23.0 Å². The van der Waals surface area contributed by atoms with Crippen molar-refractivity contribution < 1.29 is 33.3 Å². The molecule has 0 radical (unpaired) electrons. The first kappa shape index (κ1) is 31.5. The number of esters is 2. The molecule has 0 unspecified atom stereocenters. The quantitative estimate of drug-likeness (QED) is 0.0764. The molecule has 2 N–H and O–H groups in total. The van der Waals surface area contributed by atoms with Crippen LogP contribution in [0.2, 0.25) is 0 Å². The average Bonchev–Trinajstić information content (AvgIpc) is 3.42. The molecule has 234 valence electrons. The number of ether oxygens (including phenoxy) is 4. The summed E-state index contributed by atoms with van der Waals surface area (Å²) in [5.74, 6) is -0.692. The van der Waals surface area contributed by atoms with Gasteiger partial charge in [0.2, 0.25) is 0 Å². The van der Waals surface area contributed by atoms with E-state index in [2.05, 4.69) is 27.6 Å². The minimum Gasteiger partial charge on any atom is -0.493 e. The number of aromatic nitrogens is 1. The van der Waals surface area contributed by atoms with E-state index in [9.17, 15) is 14.4 Å². The Labute approximate surface area is 265 Å². The Morgan fingerprint density at radius 2 is 1.61 bits per heavy atom. The number of amides is 1. The third kappa shape index (κ3) is 6.91. The summed E-state index contributed by atoms with van der Waals surface area (Å²) in [5.41, 5.74) is 8.56. The van der Waals surface area contributed by atoms with Crippen molar-refractivity contribution in [1.29, 1.82) is 0 Å². The summed E-state index contributed by atoms with van der Waals surface area (Å²) in [6.45, 7) is 7.43. The number of hydrazone groups is 1. The van der Waals surface area contributed by atoms with E-state index in [0.29, 0.717) is 23.6 Å². The van der Waals surface area contributed by atoms with Crippen LogP contribution in [0.3, 0.4) is 0 Å². The molecule has 0 saturated carbocycles. The molecule has 1 amide bonds. The number of carbonyl (C=O) groups is 3. The molecule has 4 aromatic carbocycles. The highest BCUT2D eigenvalue weighted by Crippen LogP contribution is 2.35. The number of fused-ring (bicyclic) bond motifs is 1. The van der Waals surface area contributed by atoms with Crippen molar-refractivity contribution in [3.63, 3.8) is 0 Å². The molecule has 5 rings (SSSR count). The van der Waals surface area contributed by atoms with E-state index < -0.39 is 17.8 Å². The van der Waals surface area contributed by atoms with E-state index in [-0.39, 0.29) is 22.8 Å². The Bertz CT molecular complexity index is 1960. The van der Waals surface area contributed by atoms with Crippen LogP contribution in [0.1, 0.15) is 51.4 Å². The van der Waals surface area contributed by atoms with E-state index >= 15 is 0 Å². The molecular formula is C36H33N3O7. The molecule has 46 heavy (non-hydrogen) atoms. The van der Waals surface area contributed by atoms with E-state index in [0.717, 1.165) is 33.2 Å². The molecule has 0 aliphatic rings. The Hall–Kier alpha value is -5.90. The van der Waals surface area contributed by atoms with E-state index in [4.69, 9.17) is 18.9 Å². The van der Waals surface area contributed by atoms with E-state index in [1.54, 1.807) is 25.1 Å². The molecule has 1 aromatic heterocycles. The molecule has 0 fully saturated rings. The second kappa shape index (κ2) is 13.8. The first-order valence-corrected chi connectivity index (χ1v) is 14.6. The number of nitrogens with one attached hydrogen (secondary N) is 2. The number of aryl methyl sites for hydroxylation is 2. The maximum atomic E-state index is 13.4. The fourth-order valence-corrected chi connectivity index (χ4v) is 5.10. The molecule has 0 spiro atoms. The van der Waals surface area contributed by atoms with Gasteiger partial charge in [-0.3, -0.25) is 9.59 Å². The highest BCUT2D eigenvalue weighted by molar-refractivity contribution is 6.10.